The lowest BCUT2D eigenvalue weighted by molar-refractivity contribution is -0.420. The summed E-state index contributed by atoms with van der Waals surface area (Å²) < 4.78 is 5.21. The number of likely N-dealkylation sites (N-methyl/N-ethyl adjacent to an activating group) is 1. The fourth-order valence-corrected chi connectivity index (χ4v) is 2.42. The smallest absolute Gasteiger partial charge is 0.276 e. The van der Waals surface area contributed by atoms with Crippen LogP contribution in [-0.4, -0.2) is 24.5 Å². The third-order valence-electron chi connectivity index (χ3n) is 4.01. The molecule has 1 amide bonds. The number of hydrogen-bond donors (Lipinski definition) is 1. The number of carboxylic acid groups (broad SMARTS) is 1. The second-order valence-electron chi connectivity index (χ2n) is 6.07. The number of carbonyl (C=O) groups is 2. The van der Waals surface area contributed by atoms with Gasteiger partial charge in [0.15, 0.2) is 0 Å². The van der Waals surface area contributed by atoms with Crippen LogP contribution in [0.3, 0.4) is 0 Å². The highest BCUT2D eigenvalue weighted by molar-refractivity contribution is 6.13. The molecule has 0 saturated heterocycles. The summed E-state index contributed by atoms with van der Waals surface area (Å²) in [5.74, 6) is -1.83. The van der Waals surface area contributed by atoms with Gasteiger partial charge in [-0.15, -0.1) is 0 Å². The quantitative estimate of drug-likeness (QED) is 0.806. The molecule has 2 aromatic rings. The van der Waals surface area contributed by atoms with Gasteiger partial charge >= 0.3 is 0 Å². The second kappa shape index (κ2) is 7.36. The Morgan fingerprint density at radius 2 is 1.72 bits per heavy atom. The Morgan fingerprint density at radius 1 is 1.16 bits per heavy atom. The molecule has 2 aromatic carbocycles. The summed E-state index contributed by atoms with van der Waals surface area (Å²) in [6.45, 7) is 3.28. The molecule has 6 heteroatoms. The molecule has 132 valence electrons. The minimum Gasteiger partial charge on any atom is -0.545 e. The van der Waals surface area contributed by atoms with Gasteiger partial charge in [-0.1, -0.05) is 42.5 Å². The Bertz CT molecular complexity index is 761. The van der Waals surface area contributed by atoms with Crippen molar-refractivity contribution in [2.75, 3.05) is 11.9 Å². The molecule has 0 bridgehead atoms. The average molecular weight is 342 g/mol. The van der Waals surface area contributed by atoms with E-state index < -0.39 is 17.5 Å². The Kier molecular flexibility index (Phi) is 5.44. The zero-order valence-corrected chi connectivity index (χ0v) is 14.6. The molecule has 0 saturated carbocycles. The monoisotopic (exact) mass is 342 g/mol. The van der Waals surface area contributed by atoms with E-state index in [1.165, 1.54) is 24.4 Å². The number of benzene rings is 2. The minimum atomic E-state index is -1.96. The van der Waals surface area contributed by atoms with Crippen molar-refractivity contribution in [2.45, 2.75) is 25.5 Å². The predicted molar refractivity (Wildman–Crippen MR) is 91.6 cm³/mol. The molecule has 2 atom stereocenters. The molecule has 1 aliphatic rings. The SMILES string of the molecule is CC([NH3+])c1ccccc1.CN1C(=O)C(C)(C(=O)[O-])Oc2ccccc21. The fraction of sp³-hybridized carbons (Fsp3) is 0.263. The first-order chi connectivity index (χ1) is 11.8. The largest absolute Gasteiger partial charge is 0.545 e. The Labute approximate surface area is 146 Å². The molecule has 0 aromatic heterocycles. The summed E-state index contributed by atoms with van der Waals surface area (Å²) in [5, 5.41) is 11.0. The number of para-hydroxylation sites is 2. The van der Waals surface area contributed by atoms with Crippen LogP contribution < -0.4 is 20.5 Å². The van der Waals surface area contributed by atoms with Gasteiger partial charge in [0.2, 0.25) is 5.60 Å². The summed E-state index contributed by atoms with van der Waals surface area (Å²) in [5.41, 5.74) is 3.80. The predicted octanol–water partition coefficient (Wildman–Crippen LogP) is 0.540. The van der Waals surface area contributed by atoms with Crippen LogP contribution in [0.2, 0.25) is 0 Å². The van der Waals surface area contributed by atoms with Crippen molar-refractivity contribution in [1.29, 1.82) is 0 Å². The number of carbonyl (C=O) groups excluding carboxylic acids is 2. The maximum absolute atomic E-state index is 11.8. The molecule has 6 nitrogen and oxygen atoms in total. The van der Waals surface area contributed by atoms with E-state index in [-0.39, 0.29) is 0 Å². The van der Waals surface area contributed by atoms with Crippen molar-refractivity contribution in [3.63, 3.8) is 0 Å². The average Bonchev–Trinajstić information content (AvgIpc) is 2.61. The van der Waals surface area contributed by atoms with Crippen molar-refractivity contribution in [3.8, 4) is 5.75 Å². The lowest BCUT2D eigenvalue weighted by atomic mass is 10.0. The summed E-state index contributed by atoms with van der Waals surface area (Å²) in [7, 11) is 1.50. The maximum atomic E-state index is 11.8. The van der Waals surface area contributed by atoms with Gasteiger partial charge in [0.1, 0.15) is 11.8 Å². The first-order valence-electron chi connectivity index (χ1n) is 7.93. The normalized spacial score (nSPS) is 19.8. The lowest BCUT2D eigenvalue weighted by Crippen LogP contribution is -2.62. The molecule has 25 heavy (non-hydrogen) atoms. The summed E-state index contributed by atoms with van der Waals surface area (Å²) in [4.78, 5) is 24.0. The van der Waals surface area contributed by atoms with Crippen LogP contribution in [0.4, 0.5) is 5.69 Å². The number of aliphatic carboxylic acids is 1. The van der Waals surface area contributed by atoms with Gasteiger partial charge < -0.3 is 25.3 Å². The van der Waals surface area contributed by atoms with Crippen molar-refractivity contribution in [2.24, 2.45) is 0 Å². The molecule has 1 aliphatic heterocycles. The van der Waals surface area contributed by atoms with E-state index in [0.717, 1.165) is 0 Å². The van der Waals surface area contributed by atoms with Crippen molar-refractivity contribution < 1.29 is 25.2 Å². The number of fused-ring (bicyclic) bond motifs is 1. The number of hydrogen-bond acceptors (Lipinski definition) is 4. The number of quaternary nitrogens is 1. The summed E-state index contributed by atoms with van der Waals surface area (Å²) in [6, 6.07) is 17.4. The van der Waals surface area contributed by atoms with Crippen LogP contribution in [0.5, 0.6) is 5.75 Å². The number of rotatable bonds is 2. The van der Waals surface area contributed by atoms with E-state index in [9.17, 15) is 14.7 Å². The minimum absolute atomic E-state index is 0.358. The number of anilines is 1. The van der Waals surface area contributed by atoms with E-state index >= 15 is 0 Å². The molecular formula is C19H22N2O4. The topological polar surface area (TPSA) is 97.3 Å². The highest BCUT2D eigenvalue weighted by Crippen LogP contribution is 2.36. The Hall–Kier alpha value is -2.86. The van der Waals surface area contributed by atoms with Gasteiger partial charge in [-0.25, -0.2) is 0 Å². The van der Waals surface area contributed by atoms with Gasteiger partial charge in [-0.05, 0) is 26.0 Å². The van der Waals surface area contributed by atoms with E-state index in [0.29, 0.717) is 17.5 Å². The van der Waals surface area contributed by atoms with Gasteiger partial charge in [0, 0.05) is 12.6 Å². The van der Waals surface area contributed by atoms with Gasteiger partial charge in [0.05, 0.1) is 11.7 Å². The molecule has 0 radical (unpaired) electrons. The molecular weight excluding hydrogens is 320 g/mol. The van der Waals surface area contributed by atoms with Crippen LogP contribution in [0.15, 0.2) is 54.6 Å². The molecule has 0 spiro atoms. The van der Waals surface area contributed by atoms with Crippen molar-refractivity contribution in [1.82, 2.24) is 0 Å². The number of nitrogens with zero attached hydrogens (tertiary/aromatic N) is 1. The third-order valence-corrected chi connectivity index (χ3v) is 4.01. The molecule has 0 fully saturated rings. The number of carboxylic acids is 1. The van der Waals surface area contributed by atoms with Crippen LogP contribution in [0, 0.1) is 0 Å². The standard InChI is InChI=1S/C11H11NO4.C8H11N/c1-11(10(14)15)9(13)12(2)7-5-3-4-6-8(7)16-11;1-7(9)8-5-3-2-4-6-8/h3-6H,1-2H3,(H,14,15);2-7H,9H2,1H3. The summed E-state index contributed by atoms with van der Waals surface area (Å²) in [6.07, 6.45) is 0. The van der Waals surface area contributed by atoms with Gasteiger partial charge in [-0.3, -0.25) is 4.79 Å². The third kappa shape index (κ3) is 3.80. The Morgan fingerprint density at radius 3 is 2.24 bits per heavy atom. The van der Waals surface area contributed by atoms with E-state index in [1.807, 2.05) is 18.2 Å². The van der Waals surface area contributed by atoms with Crippen LogP contribution >= 0.6 is 0 Å². The molecule has 3 N–H and O–H groups in total. The summed E-state index contributed by atoms with van der Waals surface area (Å²) >= 11 is 0. The molecule has 1 heterocycles. The molecule has 2 unspecified atom stereocenters. The van der Waals surface area contributed by atoms with Crippen molar-refractivity contribution in [3.05, 3.63) is 60.2 Å². The van der Waals surface area contributed by atoms with Crippen LogP contribution in [0.25, 0.3) is 0 Å². The molecule has 0 aliphatic carbocycles. The first kappa shape index (κ1) is 18.5. The second-order valence-corrected chi connectivity index (χ2v) is 6.07. The lowest BCUT2D eigenvalue weighted by Gasteiger charge is -2.39. The van der Waals surface area contributed by atoms with Crippen LogP contribution in [0.1, 0.15) is 25.5 Å². The Balaban J connectivity index is 0.000000212. The van der Waals surface area contributed by atoms with E-state index in [4.69, 9.17) is 4.74 Å². The van der Waals surface area contributed by atoms with Gasteiger partial charge in [0.25, 0.3) is 5.91 Å². The van der Waals surface area contributed by atoms with Crippen LogP contribution in [-0.2, 0) is 9.59 Å². The maximum Gasteiger partial charge on any atom is 0.276 e. The number of ether oxygens (including phenoxy) is 1. The number of amides is 1. The van der Waals surface area contributed by atoms with Gasteiger partial charge in [-0.2, -0.15) is 0 Å². The van der Waals surface area contributed by atoms with E-state index in [2.05, 4.69) is 24.8 Å². The zero-order valence-electron chi connectivity index (χ0n) is 14.6. The van der Waals surface area contributed by atoms with Crippen molar-refractivity contribution >= 4 is 17.6 Å². The molecule has 3 rings (SSSR count). The van der Waals surface area contributed by atoms with E-state index in [1.54, 1.807) is 24.3 Å². The zero-order chi connectivity index (χ0) is 18.6. The fourth-order valence-electron chi connectivity index (χ4n) is 2.42. The highest BCUT2D eigenvalue weighted by atomic mass is 16.5. The first-order valence-corrected chi connectivity index (χ1v) is 7.93. The highest BCUT2D eigenvalue weighted by Gasteiger charge is 2.44.